The van der Waals surface area contributed by atoms with Crippen LogP contribution < -0.4 is 9.47 Å². The number of esters is 1. The fourth-order valence-corrected chi connectivity index (χ4v) is 6.24. The van der Waals surface area contributed by atoms with Gasteiger partial charge < -0.3 is 24.2 Å². The second-order valence-electron chi connectivity index (χ2n) is 7.03. The zero-order valence-corrected chi connectivity index (χ0v) is 18.1. The summed E-state index contributed by atoms with van der Waals surface area (Å²) in [7, 11) is 4.34. The lowest BCUT2D eigenvalue weighted by Gasteiger charge is -2.52. The number of methoxy groups -OCH3 is 3. The van der Waals surface area contributed by atoms with Crippen LogP contribution in [0.4, 0.5) is 0 Å². The van der Waals surface area contributed by atoms with E-state index in [-0.39, 0.29) is 5.91 Å². The van der Waals surface area contributed by atoms with Crippen molar-refractivity contribution in [3.8, 4) is 11.5 Å². The van der Waals surface area contributed by atoms with E-state index in [0.29, 0.717) is 17.1 Å². The predicted molar refractivity (Wildman–Crippen MR) is 104 cm³/mol. The number of benzene rings is 1. The number of carbonyl (C=O) groups is 2. The van der Waals surface area contributed by atoms with Crippen LogP contribution in [0.5, 0.6) is 11.5 Å². The molecule has 3 rings (SSSR count). The quantitative estimate of drug-likeness (QED) is 0.409. The van der Waals surface area contributed by atoms with E-state index >= 15 is 0 Å². The van der Waals surface area contributed by atoms with Gasteiger partial charge in [0.15, 0.2) is 4.32 Å². The Morgan fingerprint density at radius 1 is 1.22 bits per heavy atom. The highest BCUT2D eigenvalue weighted by Crippen LogP contribution is 2.61. The Kier molecular flexibility index (Phi) is 5.15. The van der Waals surface area contributed by atoms with E-state index in [0.717, 1.165) is 0 Å². The number of rotatable bonds is 5. The maximum Gasteiger partial charge on any atom is 0.330 e. The van der Waals surface area contributed by atoms with Gasteiger partial charge in [0.05, 0.1) is 21.3 Å². The minimum atomic E-state index is -1.25. The van der Waals surface area contributed by atoms with Crippen molar-refractivity contribution in [2.45, 2.75) is 40.4 Å². The molecule has 9 heteroatoms. The van der Waals surface area contributed by atoms with Crippen molar-refractivity contribution in [1.82, 2.24) is 4.90 Å². The van der Waals surface area contributed by atoms with Gasteiger partial charge in [0.2, 0.25) is 5.91 Å². The minimum absolute atomic E-state index is 0.352. The normalized spacial score (nSPS) is 29.6. The summed E-state index contributed by atoms with van der Waals surface area (Å²) in [6.45, 7) is 3.78. The fourth-order valence-electron chi connectivity index (χ4n) is 3.62. The molecule has 1 aromatic rings. The monoisotopic (exact) mass is 459 g/mol. The molecular weight excluding hydrogens is 438 g/mol. The second-order valence-corrected chi connectivity index (χ2v) is 10.1. The van der Waals surface area contributed by atoms with E-state index in [1.54, 1.807) is 18.2 Å². The Balaban J connectivity index is 1.97. The largest absolute Gasteiger partial charge is 0.497 e. The summed E-state index contributed by atoms with van der Waals surface area (Å²) in [4.78, 5) is 26.8. The number of halogens is 1. The second kappa shape index (κ2) is 6.86. The molecule has 4 atom stereocenters. The SMILES string of the molecule is COC(=O)[C@@H]1N2C(=O)C(Br)(C(O)c3cc(OC)cc(OC)c3)[C@H]2SC1(C)C. The van der Waals surface area contributed by atoms with Gasteiger partial charge in [-0.25, -0.2) is 4.79 Å². The van der Waals surface area contributed by atoms with Crippen molar-refractivity contribution in [3.63, 3.8) is 0 Å². The number of amides is 1. The third kappa shape index (κ3) is 2.91. The van der Waals surface area contributed by atoms with Crippen LogP contribution in [0.25, 0.3) is 0 Å². The smallest absolute Gasteiger partial charge is 0.330 e. The molecule has 1 aromatic carbocycles. The van der Waals surface area contributed by atoms with Crippen LogP contribution in [-0.2, 0) is 14.3 Å². The lowest BCUT2D eigenvalue weighted by Crippen LogP contribution is -2.72. The van der Waals surface area contributed by atoms with Crippen molar-refractivity contribution >= 4 is 39.6 Å². The van der Waals surface area contributed by atoms with Crippen molar-refractivity contribution in [1.29, 1.82) is 0 Å². The molecule has 27 heavy (non-hydrogen) atoms. The van der Waals surface area contributed by atoms with Crippen molar-refractivity contribution in [2.75, 3.05) is 21.3 Å². The maximum absolute atomic E-state index is 13.0. The van der Waals surface area contributed by atoms with Crippen LogP contribution in [0.3, 0.4) is 0 Å². The van der Waals surface area contributed by atoms with Crippen molar-refractivity contribution in [3.05, 3.63) is 23.8 Å². The van der Waals surface area contributed by atoms with E-state index in [2.05, 4.69) is 15.9 Å². The molecule has 148 valence electrons. The Morgan fingerprint density at radius 2 is 1.78 bits per heavy atom. The fraction of sp³-hybridized carbons (Fsp3) is 0.556. The molecule has 7 nitrogen and oxygen atoms in total. The van der Waals surface area contributed by atoms with Crippen LogP contribution in [0.1, 0.15) is 25.5 Å². The summed E-state index contributed by atoms with van der Waals surface area (Å²) in [5.41, 5.74) is 0.482. The minimum Gasteiger partial charge on any atom is -0.497 e. The topological polar surface area (TPSA) is 85.3 Å². The number of aliphatic hydroxyl groups is 1. The van der Waals surface area contributed by atoms with Crippen LogP contribution in [0, 0.1) is 0 Å². The molecule has 1 amide bonds. The highest BCUT2D eigenvalue weighted by molar-refractivity contribution is 9.10. The number of aliphatic hydroxyl groups excluding tert-OH is 1. The van der Waals surface area contributed by atoms with Crippen LogP contribution in [0.2, 0.25) is 0 Å². The zero-order chi connectivity index (χ0) is 20.1. The number of thioether (sulfide) groups is 1. The van der Waals surface area contributed by atoms with Gasteiger partial charge >= 0.3 is 5.97 Å². The lowest BCUT2D eigenvalue weighted by molar-refractivity contribution is -0.166. The first kappa shape index (κ1) is 20.3. The molecule has 0 saturated carbocycles. The molecule has 2 aliphatic rings. The zero-order valence-electron chi connectivity index (χ0n) is 15.7. The Bertz CT molecular complexity index is 765. The van der Waals surface area contributed by atoms with Gasteiger partial charge in [0.1, 0.15) is 29.0 Å². The highest BCUT2D eigenvalue weighted by atomic mass is 79.9. The molecule has 2 aliphatic heterocycles. The number of alkyl halides is 1. The molecule has 0 aromatic heterocycles. The summed E-state index contributed by atoms with van der Waals surface area (Å²) in [5.74, 6) is 0.204. The number of β-lactam (4-membered cyclic amide) rings is 1. The molecule has 2 heterocycles. The first-order chi connectivity index (χ1) is 12.6. The Labute approximate surface area is 170 Å². The number of carbonyl (C=O) groups excluding carboxylic acids is 2. The van der Waals surface area contributed by atoms with Gasteiger partial charge in [-0.15, -0.1) is 11.8 Å². The predicted octanol–water partition coefficient (Wildman–Crippen LogP) is 2.11. The average molecular weight is 460 g/mol. The first-order valence-electron chi connectivity index (χ1n) is 8.30. The first-order valence-corrected chi connectivity index (χ1v) is 9.97. The molecule has 0 aliphatic carbocycles. The van der Waals surface area contributed by atoms with E-state index in [1.807, 2.05) is 13.8 Å². The molecule has 2 fully saturated rings. The maximum atomic E-state index is 13.0. The number of ether oxygens (including phenoxy) is 3. The summed E-state index contributed by atoms with van der Waals surface area (Å²) >= 11 is 4.95. The van der Waals surface area contributed by atoms with Gasteiger partial charge in [0.25, 0.3) is 0 Å². The van der Waals surface area contributed by atoms with E-state index in [4.69, 9.17) is 14.2 Å². The Hall–Kier alpha value is -1.45. The van der Waals surface area contributed by atoms with Gasteiger partial charge in [-0.05, 0) is 31.5 Å². The van der Waals surface area contributed by atoms with E-state index in [9.17, 15) is 14.7 Å². The molecule has 0 bridgehead atoms. The number of fused-ring (bicyclic) bond motifs is 1. The van der Waals surface area contributed by atoms with Gasteiger partial charge in [-0.2, -0.15) is 0 Å². The van der Waals surface area contributed by atoms with Gasteiger partial charge in [-0.3, -0.25) is 4.79 Å². The summed E-state index contributed by atoms with van der Waals surface area (Å²) in [6, 6.07) is 4.30. The van der Waals surface area contributed by atoms with Crippen molar-refractivity contribution < 1.29 is 28.9 Å². The molecular formula is C18H22BrNO6S. The standard InChI is InChI=1S/C18H22BrNO6S/c1-17(2)12(14(22)26-5)20-15(23)18(19,16(20)27-17)13(21)9-6-10(24-3)8-11(7-9)25-4/h6-8,12-13,16,21H,1-5H3/t12-,13?,16+,18?/m0/s1. The summed E-state index contributed by atoms with van der Waals surface area (Å²) in [6.07, 6.45) is -1.16. The number of hydrogen-bond acceptors (Lipinski definition) is 7. The highest BCUT2D eigenvalue weighted by Gasteiger charge is 2.73. The van der Waals surface area contributed by atoms with Gasteiger partial charge in [-0.1, -0.05) is 15.9 Å². The average Bonchev–Trinajstić information content (AvgIpc) is 2.94. The molecule has 1 N–H and O–H groups in total. The van der Waals surface area contributed by atoms with Crippen LogP contribution >= 0.6 is 27.7 Å². The number of nitrogens with zero attached hydrogens (tertiary/aromatic N) is 1. The lowest BCUT2D eigenvalue weighted by atomic mass is 9.84. The van der Waals surface area contributed by atoms with Crippen LogP contribution in [0.15, 0.2) is 18.2 Å². The van der Waals surface area contributed by atoms with Gasteiger partial charge in [0, 0.05) is 10.8 Å². The molecule has 0 spiro atoms. The third-order valence-corrected chi connectivity index (χ3v) is 8.20. The van der Waals surface area contributed by atoms with Crippen LogP contribution in [-0.4, -0.2) is 63.7 Å². The molecule has 0 radical (unpaired) electrons. The van der Waals surface area contributed by atoms with E-state index in [1.165, 1.54) is 38.0 Å². The van der Waals surface area contributed by atoms with Crippen molar-refractivity contribution in [2.24, 2.45) is 0 Å². The Morgan fingerprint density at radius 3 is 2.26 bits per heavy atom. The number of hydrogen-bond donors (Lipinski definition) is 1. The summed E-state index contributed by atoms with van der Waals surface area (Å²) < 4.78 is 13.6. The third-order valence-electron chi connectivity index (χ3n) is 5.04. The molecule has 2 saturated heterocycles. The van der Waals surface area contributed by atoms with E-state index < -0.39 is 32.6 Å². The summed E-state index contributed by atoms with van der Waals surface area (Å²) in [5, 5.41) is 10.7. The molecule has 2 unspecified atom stereocenters.